The molecule has 0 bridgehead atoms. The van der Waals surface area contributed by atoms with Crippen molar-refractivity contribution < 1.29 is 0 Å². The summed E-state index contributed by atoms with van der Waals surface area (Å²) in [5.41, 5.74) is 3.85. The first kappa shape index (κ1) is 19.2. The largest absolute Gasteiger partial charge is 0.314 e. The van der Waals surface area contributed by atoms with Crippen molar-refractivity contribution in [1.29, 1.82) is 5.26 Å². The first-order valence-electron chi connectivity index (χ1n) is 6.60. The fraction of sp³-hybridized carbons (Fsp3) is 0.533. The number of rotatable bonds is 3. The molecule has 0 saturated carbocycles. The molecule has 5 heteroatoms. The van der Waals surface area contributed by atoms with E-state index in [-0.39, 0.29) is 30.9 Å². The number of halogens is 2. The van der Waals surface area contributed by atoms with Crippen LogP contribution in [0, 0.1) is 25.2 Å². The molecule has 3 nitrogen and oxygen atoms in total. The van der Waals surface area contributed by atoms with Crippen LogP contribution in [0.3, 0.4) is 0 Å². The minimum atomic E-state index is 0. The molecule has 0 unspecified atom stereocenters. The number of aryl methyl sites for hydroxylation is 2. The van der Waals surface area contributed by atoms with E-state index in [4.69, 9.17) is 5.26 Å². The van der Waals surface area contributed by atoms with Crippen LogP contribution in [-0.2, 0) is 0 Å². The molecule has 1 aliphatic heterocycles. The molecular weight excluding hydrogens is 293 g/mol. The van der Waals surface area contributed by atoms with Gasteiger partial charge >= 0.3 is 0 Å². The Morgan fingerprint density at radius 1 is 1.15 bits per heavy atom. The normalized spacial score (nSPS) is 16.4. The van der Waals surface area contributed by atoms with Gasteiger partial charge in [-0.25, -0.2) is 0 Å². The molecule has 1 heterocycles. The van der Waals surface area contributed by atoms with Crippen molar-refractivity contribution in [3.05, 3.63) is 34.9 Å². The summed E-state index contributed by atoms with van der Waals surface area (Å²) < 4.78 is 0. The summed E-state index contributed by atoms with van der Waals surface area (Å²) in [6, 6.07) is 9.21. The molecule has 112 valence electrons. The van der Waals surface area contributed by atoms with Crippen molar-refractivity contribution in [3.63, 3.8) is 0 Å². The predicted octanol–water partition coefficient (Wildman–Crippen LogP) is 3.01. The van der Waals surface area contributed by atoms with Crippen LogP contribution in [0.15, 0.2) is 18.2 Å². The summed E-state index contributed by atoms with van der Waals surface area (Å²) in [6.07, 6.45) is 0.572. The monoisotopic (exact) mass is 315 g/mol. The van der Waals surface area contributed by atoms with E-state index < -0.39 is 0 Å². The molecule has 1 N–H and O–H groups in total. The van der Waals surface area contributed by atoms with Gasteiger partial charge in [-0.1, -0.05) is 29.3 Å². The Morgan fingerprint density at radius 3 is 2.20 bits per heavy atom. The molecule has 1 aromatic rings. The van der Waals surface area contributed by atoms with Crippen LogP contribution >= 0.6 is 24.8 Å². The Balaban J connectivity index is 0.00000180. The first-order chi connectivity index (χ1) is 8.70. The van der Waals surface area contributed by atoms with Gasteiger partial charge in [0.05, 0.1) is 12.5 Å². The lowest BCUT2D eigenvalue weighted by molar-refractivity contribution is 0.175. The zero-order valence-corrected chi connectivity index (χ0v) is 13.7. The lowest BCUT2D eigenvalue weighted by atomic mass is 9.98. The summed E-state index contributed by atoms with van der Waals surface area (Å²) in [6.45, 7) is 8.34. The highest BCUT2D eigenvalue weighted by Gasteiger charge is 2.22. The highest BCUT2D eigenvalue weighted by molar-refractivity contribution is 5.85. The Kier molecular flexibility index (Phi) is 8.84. The Morgan fingerprint density at radius 2 is 1.70 bits per heavy atom. The summed E-state index contributed by atoms with van der Waals surface area (Å²) in [4.78, 5) is 2.42. The first-order valence-corrected chi connectivity index (χ1v) is 6.60. The minimum Gasteiger partial charge on any atom is -0.314 e. The number of nitrogens with zero attached hydrogens (tertiary/aromatic N) is 2. The van der Waals surface area contributed by atoms with Gasteiger partial charge in [-0.15, -0.1) is 24.8 Å². The van der Waals surface area contributed by atoms with Crippen molar-refractivity contribution in [2.75, 3.05) is 26.2 Å². The molecular formula is C15H23Cl2N3. The van der Waals surface area contributed by atoms with Crippen LogP contribution in [0.25, 0.3) is 0 Å². The molecule has 0 amide bonds. The van der Waals surface area contributed by atoms with Gasteiger partial charge < -0.3 is 5.32 Å². The quantitative estimate of drug-likeness (QED) is 0.932. The Labute approximate surface area is 134 Å². The maximum absolute atomic E-state index is 9.07. The van der Waals surface area contributed by atoms with Crippen LogP contribution in [0.2, 0.25) is 0 Å². The molecule has 0 aliphatic carbocycles. The maximum Gasteiger partial charge on any atom is 0.0641 e. The van der Waals surface area contributed by atoms with Crippen LogP contribution in [-0.4, -0.2) is 31.1 Å². The van der Waals surface area contributed by atoms with Crippen LogP contribution < -0.4 is 5.32 Å². The van der Waals surface area contributed by atoms with Gasteiger partial charge in [-0.05, 0) is 19.4 Å². The number of piperazine rings is 1. The average molecular weight is 316 g/mol. The van der Waals surface area contributed by atoms with Gasteiger partial charge in [-0.2, -0.15) is 5.26 Å². The second kappa shape index (κ2) is 9.20. The van der Waals surface area contributed by atoms with Gasteiger partial charge in [0.2, 0.25) is 0 Å². The minimum absolute atomic E-state index is 0. The molecule has 20 heavy (non-hydrogen) atoms. The fourth-order valence-corrected chi connectivity index (χ4v) is 2.74. The summed E-state index contributed by atoms with van der Waals surface area (Å²) in [5, 5.41) is 12.4. The fourth-order valence-electron chi connectivity index (χ4n) is 2.74. The van der Waals surface area contributed by atoms with E-state index >= 15 is 0 Å². The molecule has 1 atom stereocenters. The molecule has 2 rings (SSSR count). The zero-order valence-electron chi connectivity index (χ0n) is 12.1. The third-order valence-electron chi connectivity index (χ3n) is 3.51. The molecule has 1 aromatic carbocycles. The van der Waals surface area contributed by atoms with Crippen LogP contribution in [0.4, 0.5) is 0 Å². The Bertz CT molecular complexity index is 431. The molecule has 0 spiro atoms. The summed E-state index contributed by atoms with van der Waals surface area (Å²) >= 11 is 0. The second-order valence-electron chi connectivity index (χ2n) is 5.09. The van der Waals surface area contributed by atoms with Crippen molar-refractivity contribution in [1.82, 2.24) is 10.2 Å². The zero-order chi connectivity index (χ0) is 13.0. The van der Waals surface area contributed by atoms with E-state index in [1.165, 1.54) is 16.7 Å². The van der Waals surface area contributed by atoms with Crippen molar-refractivity contribution in [2.24, 2.45) is 0 Å². The highest BCUT2D eigenvalue weighted by Crippen LogP contribution is 2.26. The van der Waals surface area contributed by atoms with Gasteiger partial charge in [0.1, 0.15) is 0 Å². The lowest BCUT2D eigenvalue weighted by Crippen LogP contribution is -2.45. The van der Waals surface area contributed by atoms with Crippen molar-refractivity contribution in [2.45, 2.75) is 26.3 Å². The maximum atomic E-state index is 9.07. The lowest BCUT2D eigenvalue weighted by Gasteiger charge is -2.34. The second-order valence-corrected chi connectivity index (χ2v) is 5.09. The standard InChI is InChI=1S/C15H21N3.2ClH/c1-12-9-13(2)11-14(10-12)15(3-4-16)18-7-5-17-6-8-18;;/h9-11,15,17H,3,5-8H2,1-2H3;2*1H/t15-;;/m0../s1. The van der Waals surface area contributed by atoms with E-state index in [1.807, 2.05) is 0 Å². The SMILES string of the molecule is Cc1cc(C)cc([C@H](CC#N)N2CCNCC2)c1.Cl.Cl. The number of benzene rings is 1. The van der Waals surface area contributed by atoms with Gasteiger partial charge in [-0.3, -0.25) is 4.90 Å². The number of hydrogen-bond donors (Lipinski definition) is 1. The van der Waals surface area contributed by atoms with Crippen molar-refractivity contribution >= 4 is 24.8 Å². The molecule has 1 fully saturated rings. The molecule has 1 saturated heterocycles. The van der Waals surface area contributed by atoms with E-state index in [0.717, 1.165) is 26.2 Å². The van der Waals surface area contributed by atoms with Crippen LogP contribution in [0.1, 0.15) is 29.2 Å². The van der Waals surface area contributed by atoms with Gasteiger partial charge in [0.25, 0.3) is 0 Å². The third kappa shape index (κ3) is 4.96. The third-order valence-corrected chi connectivity index (χ3v) is 3.51. The molecule has 0 radical (unpaired) electrons. The summed E-state index contributed by atoms with van der Waals surface area (Å²) in [5.74, 6) is 0. The van der Waals surface area contributed by atoms with Gasteiger partial charge in [0.15, 0.2) is 0 Å². The van der Waals surface area contributed by atoms with E-state index in [9.17, 15) is 0 Å². The van der Waals surface area contributed by atoms with E-state index in [0.29, 0.717) is 6.42 Å². The smallest absolute Gasteiger partial charge is 0.0641 e. The number of nitriles is 1. The number of hydrogen-bond acceptors (Lipinski definition) is 3. The summed E-state index contributed by atoms with van der Waals surface area (Å²) in [7, 11) is 0. The predicted molar refractivity (Wildman–Crippen MR) is 87.8 cm³/mol. The Hall–Kier alpha value is -0.790. The van der Waals surface area contributed by atoms with E-state index in [2.05, 4.69) is 48.3 Å². The topological polar surface area (TPSA) is 39.1 Å². The van der Waals surface area contributed by atoms with Gasteiger partial charge in [0, 0.05) is 32.2 Å². The average Bonchev–Trinajstić information content (AvgIpc) is 2.36. The van der Waals surface area contributed by atoms with Crippen LogP contribution in [0.5, 0.6) is 0 Å². The van der Waals surface area contributed by atoms with E-state index in [1.54, 1.807) is 0 Å². The van der Waals surface area contributed by atoms with Crippen molar-refractivity contribution in [3.8, 4) is 6.07 Å². The molecule has 0 aromatic heterocycles. The number of nitrogens with one attached hydrogen (secondary N) is 1. The highest BCUT2D eigenvalue weighted by atomic mass is 35.5. The molecule has 1 aliphatic rings.